The Morgan fingerprint density at radius 1 is 1.03 bits per heavy atom. The first-order valence-electron chi connectivity index (χ1n) is 9.17. The number of rotatable bonds is 7. The molecule has 2 aromatic carbocycles. The lowest BCUT2D eigenvalue weighted by Gasteiger charge is -2.09. The largest absolute Gasteiger partial charge is 0.457 e. The molecule has 0 saturated carbocycles. The Kier molecular flexibility index (Phi) is 6.14. The minimum atomic E-state index is -0.481. The highest BCUT2D eigenvalue weighted by atomic mass is 32.2. The molecule has 0 unspecified atom stereocenters. The molecule has 30 heavy (non-hydrogen) atoms. The highest BCUT2D eigenvalue weighted by molar-refractivity contribution is 8.00. The second kappa shape index (κ2) is 9.32. The SMILES string of the molecule is O=C(CSc1ncccc1C(=O)OCc1ccccc1)Nc1ccc2c(c1)OCO2. The Morgan fingerprint density at radius 2 is 1.87 bits per heavy atom. The fourth-order valence-electron chi connectivity index (χ4n) is 2.77. The molecule has 1 N–H and O–H groups in total. The number of anilines is 1. The van der Waals surface area contributed by atoms with Gasteiger partial charge in [0.05, 0.1) is 11.3 Å². The van der Waals surface area contributed by atoms with Crippen LogP contribution in [0.3, 0.4) is 0 Å². The van der Waals surface area contributed by atoms with Crippen molar-refractivity contribution in [2.24, 2.45) is 0 Å². The Balaban J connectivity index is 1.34. The number of hydrogen-bond acceptors (Lipinski definition) is 7. The van der Waals surface area contributed by atoms with Crippen LogP contribution in [0.5, 0.6) is 11.5 Å². The lowest BCUT2D eigenvalue weighted by Crippen LogP contribution is -2.15. The number of fused-ring (bicyclic) bond motifs is 1. The number of nitrogens with zero attached hydrogens (tertiary/aromatic N) is 1. The zero-order valence-electron chi connectivity index (χ0n) is 15.9. The van der Waals surface area contributed by atoms with Crippen LogP contribution >= 0.6 is 11.8 Å². The lowest BCUT2D eigenvalue weighted by atomic mass is 10.2. The van der Waals surface area contributed by atoms with Gasteiger partial charge in [-0.25, -0.2) is 9.78 Å². The van der Waals surface area contributed by atoms with Crippen molar-refractivity contribution in [3.05, 3.63) is 78.0 Å². The fourth-order valence-corrected chi connectivity index (χ4v) is 3.55. The number of carbonyl (C=O) groups is 2. The number of hydrogen-bond donors (Lipinski definition) is 1. The van der Waals surface area contributed by atoms with E-state index in [9.17, 15) is 9.59 Å². The molecule has 0 saturated heterocycles. The molecule has 152 valence electrons. The molecule has 1 aliphatic heterocycles. The number of benzene rings is 2. The molecule has 0 radical (unpaired) electrons. The minimum absolute atomic E-state index is 0.0877. The molecule has 4 rings (SSSR count). The van der Waals surface area contributed by atoms with Crippen molar-refractivity contribution in [2.45, 2.75) is 11.6 Å². The highest BCUT2D eigenvalue weighted by Crippen LogP contribution is 2.34. The van der Waals surface area contributed by atoms with Gasteiger partial charge in [0.15, 0.2) is 11.5 Å². The summed E-state index contributed by atoms with van der Waals surface area (Å²) >= 11 is 1.17. The summed E-state index contributed by atoms with van der Waals surface area (Å²) in [5.74, 6) is 0.617. The summed E-state index contributed by atoms with van der Waals surface area (Å²) < 4.78 is 15.9. The molecular formula is C22H18N2O5S. The maximum absolute atomic E-state index is 12.5. The number of nitrogens with one attached hydrogen (secondary N) is 1. The van der Waals surface area contributed by atoms with Gasteiger partial charge in [-0.05, 0) is 29.8 Å². The van der Waals surface area contributed by atoms with Crippen LogP contribution < -0.4 is 14.8 Å². The average Bonchev–Trinajstić information content (AvgIpc) is 3.25. The van der Waals surface area contributed by atoms with Gasteiger partial charge in [-0.3, -0.25) is 4.79 Å². The van der Waals surface area contributed by atoms with E-state index < -0.39 is 5.97 Å². The zero-order chi connectivity index (χ0) is 20.8. The van der Waals surface area contributed by atoms with Gasteiger partial charge < -0.3 is 19.5 Å². The van der Waals surface area contributed by atoms with Gasteiger partial charge in [0.25, 0.3) is 0 Å². The van der Waals surface area contributed by atoms with Crippen LogP contribution in [-0.4, -0.2) is 29.4 Å². The summed E-state index contributed by atoms with van der Waals surface area (Å²) in [6, 6.07) is 17.9. The van der Waals surface area contributed by atoms with E-state index >= 15 is 0 Å². The monoisotopic (exact) mass is 422 g/mol. The van der Waals surface area contributed by atoms with Crippen molar-refractivity contribution in [1.82, 2.24) is 4.98 Å². The molecule has 0 atom stereocenters. The van der Waals surface area contributed by atoms with Crippen LogP contribution in [0.2, 0.25) is 0 Å². The van der Waals surface area contributed by atoms with Gasteiger partial charge in [0.2, 0.25) is 12.7 Å². The van der Waals surface area contributed by atoms with Crippen molar-refractivity contribution in [2.75, 3.05) is 17.9 Å². The van der Waals surface area contributed by atoms with Gasteiger partial charge in [-0.15, -0.1) is 0 Å². The van der Waals surface area contributed by atoms with E-state index in [4.69, 9.17) is 14.2 Å². The van der Waals surface area contributed by atoms with Gasteiger partial charge in [-0.2, -0.15) is 0 Å². The van der Waals surface area contributed by atoms with Gasteiger partial charge in [-0.1, -0.05) is 42.1 Å². The summed E-state index contributed by atoms with van der Waals surface area (Å²) in [6.07, 6.45) is 1.58. The summed E-state index contributed by atoms with van der Waals surface area (Å²) in [6.45, 7) is 0.342. The molecule has 0 aliphatic carbocycles. The maximum atomic E-state index is 12.5. The molecule has 0 fully saturated rings. The first-order valence-corrected chi connectivity index (χ1v) is 10.2. The minimum Gasteiger partial charge on any atom is -0.457 e. The molecule has 7 nitrogen and oxygen atoms in total. The number of carbonyl (C=O) groups excluding carboxylic acids is 2. The molecule has 3 aromatic rings. The second-order valence-corrected chi connectivity index (χ2v) is 7.29. The van der Waals surface area contributed by atoms with E-state index in [0.717, 1.165) is 5.56 Å². The fraction of sp³-hybridized carbons (Fsp3) is 0.136. The van der Waals surface area contributed by atoms with Crippen LogP contribution in [0, 0.1) is 0 Å². The normalized spacial score (nSPS) is 11.7. The van der Waals surface area contributed by atoms with Crippen LogP contribution in [0.1, 0.15) is 15.9 Å². The Morgan fingerprint density at radius 3 is 2.73 bits per heavy atom. The number of thioether (sulfide) groups is 1. The topological polar surface area (TPSA) is 86.8 Å². The molecule has 1 aromatic heterocycles. The Bertz CT molecular complexity index is 1060. The summed E-state index contributed by atoms with van der Waals surface area (Å²) in [5.41, 5.74) is 1.83. The van der Waals surface area contributed by atoms with E-state index in [-0.39, 0.29) is 25.1 Å². The van der Waals surface area contributed by atoms with Gasteiger partial charge in [0, 0.05) is 18.0 Å². The van der Waals surface area contributed by atoms with Crippen molar-refractivity contribution in [3.63, 3.8) is 0 Å². The first-order chi connectivity index (χ1) is 14.7. The van der Waals surface area contributed by atoms with Crippen molar-refractivity contribution >= 4 is 29.3 Å². The van der Waals surface area contributed by atoms with E-state index in [1.165, 1.54) is 11.8 Å². The summed E-state index contributed by atoms with van der Waals surface area (Å²) in [7, 11) is 0. The quantitative estimate of drug-likeness (QED) is 0.456. The third-order valence-corrected chi connectivity index (χ3v) is 5.21. The zero-order valence-corrected chi connectivity index (χ0v) is 16.7. The predicted octanol–water partition coefficient (Wildman–Crippen LogP) is 3.90. The van der Waals surface area contributed by atoms with Crippen LogP contribution in [-0.2, 0) is 16.1 Å². The van der Waals surface area contributed by atoms with E-state index in [2.05, 4.69) is 10.3 Å². The maximum Gasteiger partial charge on any atom is 0.341 e. The molecule has 0 spiro atoms. The Labute approximate surface area is 177 Å². The number of aromatic nitrogens is 1. The van der Waals surface area contributed by atoms with Crippen molar-refractivity contribution < 1.29 is 23.8 Å². The molecule has 0 bridgehead atoms. The predicted molar refractivity (Wildman–Crippen MR) is 112 cm³/mol. The van der Waals surface area contributed by atoms with Crippen LogP contribution in [0.15, 0.2) is 71.9 Å². The Hall–Kier alpha value is -3.52. The molecule has 1 aliphatic rings. The number of pyridine rings is 1. The van der Waals surface area contributed by atoms with E-state index in [0.29, 0.717) is 27.8 Å². The van der Waals surface area contributed by atoms with Crippen molar-refractivity contribution in [1.29, 1.82) is 0 Å². The summed E-state index contributed by atoms with van der Waals surface area (Å²) in [4.78, 5) is 29.0. The van der Waals surface area contributed by atoms with E-state index in [1.54, 1.807) is 36.5 Å². The number of esters is 1. The highest BCUT2D eigenvalue weighted by Gasteiger charge is 2.17. The van der Waals surface area contributed by atoms with Gasteiger partial charge in [0.1, 0.15) is 11.6 Å². The number of amides is 1. The first kappa shape index (κ1) is 19.8. The third kappa shape index (κ3) is 4.90. The molecule has 2 heterocycles. The van der Waals surface area contributed by atoms with Crippen molar-refractivity contribution in [3.8, 4) is 11.5 Å². The van der Waals surface area contributed by atoms with Crippen LogP contribution in [0.25, 0.3) is 0 Å². The van der Waals surface area contributed by atoms with Gasteiger partial charge >= 0.3 is 5.97 Å². The lowest BCUT2D eigenvalue weighted by molar-refractivity contribution is -0.113. The van der Waals surface area contributed by atoms with Crippen LogP contribution in [0.4, 0.5) is 5.69 Å². The second-order valence-electron chi connectivity index (χ2n) is 6.32. The molecule has 1 amide bonds. The van der Waals surface area contributed by atoms with E-state index in [1.807, 2.05) is 30.3 Å². The molecular weight excluding hydrogens is 404 g/mol. The average molecular weight is 422 g/mol. The third-order valence-electron chi connectivity index (χ3n) is 4.20. The standard InChI is InChI=1S/C22H18N2O5S/c25-20(24-16-8-9-18-19(11-16)29-14-28-18)13-30-21-17(7-4-10-23-21)22(26)27-12-15-5-2-1-3-6-15/h1-11H,12-14H2,(H,24,25). The smallest absolute Gasteiger partial charge is 0.341 e. The number of ether oxygens (including phenoxy) is 3. The molecule has 8 heteroatoms. The summed E-state index contributed by atoms with van der Waals surface area (Å²) in [5, 5.41) is 3.24.